The summed E-state index contributed by atoms with van der Waals surface area (Å²) in [6.45, 7) is 5.63. The number of aromatic nitrogens is 2. The van der Waals surface area contributed by atoms with Crippen molar-refractivity contribution in [2.45, 2.75) is 27.2 Å². The minimum atomic E-state index is -0.401. The van der Waals surface area contributed by atoms with Crippen molar-refractivity contribution in [3.8, 4) is 11.4 Å². The number of nitrogens with zero attached hydrogens (tertiary/aromatic N) is 2. The van der Waals surface area contributed by atoms with Crippen molar-refractivity contribution in [3.63, 3.8) is 0 Å². The van der Waals surface area contributed by atoms with E-state index in [4.69, 9.17) is 4.52 Å². The highest BCUT2D eigenvalue weighted by Gasteiger charge is 2.24. The van der Waals surface area contributed by atoms with E-state index in [1.54, 1.807) is 0 Å². The topological polar surface area (TPSA) is 56.0 Å². The van der Waals surface area contributed by atoms with E-state index in [9.17, 15) is 4.79 Å². The predicted octanol–water partition coefficient (Wildman–Crippen LogP) is 3.66. The number of hydrogen-bond donors (Lipinski definition) is 0. The second kappa shape index (κ2) is 5.25. The maximum absolute atomic E-state index is 11.9. The molecule has 1 aromatic heterocycles. The molecule has 0 aliphatic heterocycles. The standard InChI is InChI=1S/C14H15BrN2O2/c1-14(2,3)11(18)8-12-16-13(17-19-12)9-6-4-5-7-10(9)15/h4-7H,8H2,1-3H3. The Morgan fingerprint density at radius 2 is 2.00 bits per heavy atom. The molecule has 0 bridgehead atoms. The summed E-state index contributed by atoms with van der Waals surface area (Å²) >= 11 is 3.44. The van der Waals surface area contributed by atoms with Crippen LogP contribution in [0.15, 0.2) is 33.3 Å². The first-order valence-corrected chi connectivity index (χ1v) is 6.78. The molecule has 19 heavy (non-hydrogen) atoms. The Bertz CT molecular complexity index is 599. The normalized spacial score (nSPS) is 11.6. The smallest absolute Gasteiger partial charge is 0.234 e. The van der Waals surface area contributed by atoms with E-state index in [0.717, 1.165) is 10.0 Å². The summed E-state index contributed by atoms with van der Waals surface area (Å²) in [6, 6.07) is 7.62. The van der Waals surface area contributed by atoms with Gasteiger partial charge < -0.3 is 4.52 Å². The van der Waals surface area contributed by atoms with Gasteiger partial charge in [-0.05, 0) is 12.1 Å². The SMILES string of the molecule is CC(C)(C)C(=O)Cc1nc(-c2ccccc2Br)no1. The third-order valence-corrected chi connectivity index (χ3v) is 3.42. The maximum Gasteiger partial charge on any atom is 0.234 e. The Balaban J connectivity index is 2.21. The van der Waals surface area contributed by atoms with Crippen molar-refractivity contribution in [2.75, 3.05) is 0 Å². The van der Waals surface area contributed by atoms with Gasteiger partial charge in [-0.1, -0.05) is 54.0 Å². The number of hydrogen-bond acceptors (Lipinski definition) is 4. The monoisotopic (exact) mass is 322 g/mol. The van der Waals surface area contributed by atoms with E-state index >= 15 is 0 Å². The van der Waals surface area contributed by atoms with Crippen molar-refractivity contribution in [2.24, 2.45) is 5.41 Å². The number of carbonyl (C=O) groups is 1. The molecule has 0 aliphatic carbocycles. The Morgan fingerprint density at radius 1 is 1.32 bits per heavy atom. The average molecular weight is 323 g/mol. The molecule has 4 nitrogen and oxygen atoms in total. The first-order chi connectivity index (χ1) is 8.88. The molecule has 0 saturated heterocycles. The second-order valence-corrected chi connectivity index (χ2v) is 6.20. The van der Waals surface area contributed by atoms with Crippen LogP contribution in [-0.2, 0) is 11.2 Å². The summed E-state index contributed by atoms with van der Waals surface area (Å²) in [7, 11) is 0. The summed E-state index contributed by atoms with van der Waals surface area (Å²) in [5, 5.41) is 3.91. The van der Waals surface area contributed by atoms with E-state index in [2.05, 4.69) is 26.1 Å². The molecule has 0 fully saturated rings. The van der Waals surface area contributed by atoms with Crippen LogP contribution in [0.4, 0.5) is 0 Å². The van der Waals surface area contributed by atoms with Crippen LogP contribution in [-0.4, -0.2) is 15.9 Å². The highest BCUT2D eigenvalue weighted by molar-refractivity contribution is 9.10. The molecule has 0 unspecified atom stereocenters. The number of benzene rings is 1. The van der Waals surface area contributed by atoms with E-state index in [1.807, 2.05) is 45.0 Å². The fraction of sp³-hybridized carbons (Fsp3) is 0.357. The summed E-state index contributed by atoms with van der Waals surface area (Å²) in [6.07, 6.45) is 0.168. The van der Waals surface area contributed by atoms with E-state index in [0.29, 0.717) is 11.7 Å². The highest BCUT2D eigenvalue weighted by atomic mass is 79.9. The molecule has 0 spiro atoms. The molecule has 0 saturated carbocycles. The minimum Gasteiger partial charge on any atom is -0.338 e. The van der Waals surface area contributed by atoms with Gasteiger partial charge in [0.25, 0.3) is 0 Å². The largest absolute Gasteiger partial charge is 0.338 e. The molecule has 0 N–H and O–H groups in total. The molecule has 0 aliphatic rings. The zero-order valence-corrected chi connectivity index (χ0v) is 12.7. The lowest BCUT2D eigenvalue weighted by molar-refractivity contribution is -0.125. The summed E-state index contributed by atoms with van der Waals surface area (Å²) in [5.74, 6) is 0.921. The van der Waals surface area contributed by atoms with Crippen LogP contribution in [0.3, 0.4) is 0 Å². The van der Waals surface area contributed by atoms with Gasteiger partial charge in [0.2, 0.25) is 11.7 Å². The lowest BCUT2D eigenvalue weighted by Gasteiger charge is -2.14. The second-order valence-electron chi connectivity index (χ2n) is 5.34. The molecule has 0 amide bonds. The maximum atomic E-state index is 11.9. The predicted molar refractivity (Wildman–Crippen MR) is 75.6 cm³/mol. The van der Waals surface area contributed by atoms with Crippen molar-refractivity contribution in [3.05, 3.63) is 34.6 Å². The molecular formula is C14H15BrN2O2. The Morgan fingerprint density at radius 3 is 2.63 bits per heavy atom. The lowest BCUT2D eigenvalue weighted by atomic mass is 9.89. The van der Waals surface area contributed by atoms with Crippen LogP contribution in [0.5, 0.6) is 0 Å². The van der Waals surface area contributed by atoms with Gasteiger partial charge in [0.1, 0.15) is 5.78 Å². The number of carbonyl (C=O) groups excluding carboxylic acids is 1. The van der Waals surface area contributed by atoms with Gasteiger partial charge >= 0.3 is 0 Å². The summed E-state index contributed by atoms with van der Waals surface area (Å²) < 4.78 is 6.03. The number of halogens is 1. The van der Waals surface area contributed by atoms with E-state index in [-0.39, 0.29) is 12.2 Å². The number of rotatable bonds is 3. The van der Waals surface area contributed by atoms with Gasteiger partial charge in [-0.3, -0.25) is 4.79 Å². The molecule has 100 valence electrons. The molecule has 1 heterocycles. The molecule has 1 aromatic carbocycles. The molecule has 5 heteroatoms. The van der Waals surface area contributed by atoms with Gasteiger partial charge in [0.05, 0.1) is 6.42 Å². The first-order valence-electron chi connectivity index (χ1n) is 5.99. The van der Waals surface area contributed by atoms with Gasteiger partial charge in [0, 0.05) is 15.5 Å². The van der Waals surface area contributed by atoms with Crippen molar-refractivity contribution in [1.29, 1.82) is 0 Å². The number of ketones is 1. The van der Waals surface area contributed by atoms with Crippen LogP contribution >= 0.6 is 15.9 Å². The summed E-state index contributed by atoms with van der Waals surface area (Å²) in [5.41, 5.74) is 0.447. The van der Waals surface area contributed by atoms with Crippen LogP contribution in [0.1, 0.15) is 26.7 Å². The summed E-state index contributed by atoms with van der Waals surface area (Å²) in [4.78, 5) is 16.2. The lowest BCUT2D eigenvalue weighted by Crippen LogP contribution is -2.22. The van der Waals surface area contributed by atoms with Crippen molar-refractivity contribution in [1.82, 2.24) is 10.1 Å². The Hall–Kier alpha value is -1.49. The Kier molecular flexibility index (Phi) is 3.85. The quantitative estimate of drug-likeness (QED) is 0.865. The van der Waals surface area contributed by atoms with Gasteiger partial charge in [-0.2, -0.15) is 4.98 Å². The molecule has 0 radical (unpaired) electrons. The van der Waals surface area contributed by atoms with Crippen LogP contribution in [0, 0.1) is 5.41 Å². The van der Waals surface area contributed by atoms with Gasteiger partial charge in [-0.25, -0.2) is 0 Å². The van der Waals surface area contributed by atoms with Gasteiger partial charge in [-0.15, -0.1) is 0 Å². The molecule has 2 aromatic rings. The molecule has 2 rings (SSSR count). The van der Waals surface area contributed by atoms with E-state index in [1.165, 1.54) is 0 Å². The first kappa shape index (κ1) is 13.9. The molecular weight excluding hydrogens is 308 g/mol. The minimum absolute atomic E-state index is 0.0785. The average Bonchev–Trinajstić information content (AvgIpc) is 2.76. The van der Waals surface area contributed by atoms with Gasteiger partial charge in [0.15, 0.2) is 0 Å². The van der Waals surface area contributed by atoms with E-state index < -0.39 is 5.41 Å². The van der Waals surface area contributed by atoms with Crippen LogP contribution in [0.2, 0.25) is 0 Å². The van der Waals surface area contributed by atoms with Crippen LogP contribution < -0.4 is 0 Å². The zero-order valence-electron chi connectivity index (χ0n) is 11.1. The fourth-order valence-corrected chi connectivity index (χ4v) is 1.94. The highest BCUT2D eigenvalue weighted by Crippen LogP contribution is 2.26. The fourth-order valence-electron chi connectivity index (χ4n) is 1.48. The van der Waals surface area contributed by atoms with Crippen LogP contribution in [0.25, 0.3) is 11.4 Å². The number of Topliss-reactive ketones (excluding diaryl/α,β-unsaturated/α-hetero) is 1. The zero-order chi connectivity index (χ0) is 14.0. The Labute approximate surface area is 120 Å². The third kappa shape index (κ3) is 3.29. The van der Waals surface area contributed by atoms with Crippen molar-refractivity contribution >= 4 is 21.7 Å². The molecule has 0 atom stereocenters. The third-order valence-electron chi connectivity index (χ3n) is 2.73. The van der Waals surface area contributed by atoms with Crippen molar-refractivity contribution < 1.29 is 9.32 Å².